The second-order valence-electron chi connectivity index (χ2n) is 8.36. The summed E-state index contributed by atoms with van der Waals surface area (Å²) in [5.41, 5.74) is 13.5. The zero-order chi connectivity index (χ0) is 26.7. The molecule has 0 fully saturated rings. The molecule has 0 amide bonds. The van der Waals surface area contributed by atoms with Crippen molar-refractivity contribution in [3.8, 4) is 0 Å². The van der Waals surface area contributed by atoms with Crippen molar-refractivity contribution in [3.05, 3.63) is 149 Å². The van der Waals surface area contributed by atoms with Crippen LogP contribution in [0.25, 0.3) is 0 Å². The number of ketones is 1. The molecule has 0 bridgehead atoms. The number of aryl methyl sites for hydroxylation is 1. The molecule has 1 aliphatic carbocycles. The number of carbonyl (C=O) groups excluding carboxylic acids is 1. The van der Waals surface area contributed by atoms with Crippen LogP contribution in [0.15, 0.2) is 137 Å². The van der Waals surface area contributed by atoms with Crippen molar-refractivity contribution in [1.82, 2.24) is 4.98 Å². The van der Waals surface area contributed by atoms with Gasteiger partial charge in [0.15, 0.2) is 5.78 Å². The maximum Gasteiger partial charge on any atom is 0.152 e. The van der Waals surface area contributed by atoms with Crippen molar-refractivity contribution in [2.75, 3.05) is 0 Å². The average molecular weight is 478 g/mol. The number of aromatic nitrogens is 1. The smallest absolute Gasteiger partial charge is 0.152 e. The summed E-state index contributed by atoms with van der Waals surface area (Å²) in [6.45, 7) is 15.8. The molecule has 1 aromatic rings. The first kappa shape index (κ1) is 27.9. The van der Waals surface area contributed by atoms with Gasteiger partial charge in [-0.15, -0.1) is 0 Å². The molecule has 1 aliphatic rings. The lowest BCUT2D eigenvalue weighted by Gasteiger charge is -2.13. The summed E-state index contributed by atoms with van der Waals surface area (Å²) in [7, 11) is 0. The van der Waals surface area contributed by atoms with Gasteiger partial charge in [0.05, 0.1) is 11.4 Å². The van der Waals surface area contributed by atoms with Gasteiger partial charge in [0, 0.05) is 17.5 Å². The van der Waals surface area contributed by atoms with Crippen molar-refractivity contribution in [2.24, 2.45) is 5.73 Å². The molecule has 3 N–H and O–H groups in total. The quantitative estimate of drug-likeness (QED) is 0.226. The highest BCUT2D eigenvalue weighted by Gasteiger charge is 2.13. The Balaban J connectivity index is 2.44. The Morgan fingerprint density at radius 2 is 1.92 bits per heavy atom. The van der Waals surface area contributed by atoms with Crippen molar-refractivity contribution >= 4 is 11.5 Å². The van der Waals surface area contributed by atoms with Gasteiger partial charge in [0.2, 0.25) is 0 Å². The summed E-state index contributed by atoms with van der Waals surface area (Å²) in [5.74, 6) is -0.0165. The van der Waals surface area contributed by atoms with Gasteiger partial charge in [-0.25, -0.2) is 0 Å². The van der Waals surface area contributed by atoms with Gasteiger partial charge in [-0.2, -0.15) is 0 Å². The molecule has 0 saturated carbocycles. The fourth-order valence-electron chi connectivity index (χ4n) is 3.43. The predicted octanol–water partition coefficient (Wildman–Crippen LogP) is 7.12. The zero-order valence-electron chi connectivity index (χ0n) is 21.6. The molecule has 0 saturated heterocycles. The maximum atomic E-state index is 11.6. The van der Waals surface area contributed by atoms with Crippen LogP contribution in [-0.2, 0) is 4.79 Å². The van der Waals surface area contributed by atoms with Crippen molar-refractivity contribution < 1.29 is 4.79 Å². The van der Waals surface area contributed by atoms with Crippen LogP contribution in [-0.4, -0.2) is 16.5 Å². The number of hydrogen-bond donors (Lipinski definition) is 2. The number of nitrogens with zero attached hydrogens (tertiary/aromatic N) is 1. The van der Waals surface area contributed by atoms with Crippen molar-refractivity contribution in [3.63, 3.8) is 0 Å². The molecule has 2 rings (SSSR count). The van der Waals surface area contributed by atoms with E-state index in [0.29, 0.717) is 11.3 Å². The molecule has 36 heavy (non-hydrogen) atoms. The average Bonchev–Trinajstić information content (AvgIpc) is 2.85. The van der Waals surface area contributed by atoms with E-state index in [1.54, 1.807) is 12.1 Å². The first-order valence-electron chi connectivity index (χ1n) is 11.9. The van der Waals surface area contributed by atoms with E-state index in [1.165, 1.54) is 13.1 Å². The Labute approximate surface area is 215 Å². The number of pyridine rings is 1. The third-order valence-electron chi connectivity index (χ3n) is 5.54. The minimum Gasteiger partial charge on any atom is -0.404 e. The van der Waals surface area contributed by atoms with E-state index in [9.17, 15) is 4.79 Å². The highest BCUT2D eigenvalue weighted by atomic mass is 16.1. The van der Waals surface area contributed by atoms with Gasteiger partial charge in [-0.05, 0) is 79.3 Å². The fraction of sp³-hybridized carbons (Fsp3) is 0.156. The Morgan fingerprint density at radius 3 is 2.53 bits per heavy atom. The fourth-order valence-corrected chi connectivity index (χ4v) is 3.43. The number of hydrogen-bond acceptors (Lipinski definition) is 4. The summed E-state index contributed by atoms with van der Waals surface area (Å²) in [6, 6.07) is 5.58. The van der Waals surface area contributed by atoms with Crippen molar-refractivity contribution in [2.45, 2.75) is 34.1 Å². The molecule has 0 atom stereocenters. The zero-order valence-corrected chi connectivity index (χ0v) is 21.6. The van der Waals surface area contributed by atoms with Crippen molar-refractivity contribution in [1.29, 1.82) is 5.41 Å². The maximum absolute atomic E-state index is 11.6. The minimum atomic E-state index is -0.0165. The number of nitrogens with two attached hydrogens (primary N) is 1. The summed E-state index contributed by atoms with van der Waals surface area (Å²) in [4.78, 5) is 16.0. The lowest BCUT2D eigenvalue weighted by Crippen LogP contribution is -2.10. The van der Waals surface area contributed by atoms with E-state index in [4.69, 9.17) is 11.1 Å². The Hall–Kier alpha value is -4.31. The molecule has 184 valence electrons. The highest BCUT2D eigenvalue weighted by Crippen LogP contribution is 2.25. The second-order valence-corrected chi connectivity index (χ2v) is 8.36. The number of rotatable bonds is 9. The van der Waals surface area contributed by atoms with Crippen LogP contribution in [0.2, 0.25) is 0 Å². The normalized spacial score (nSPS) is 19.4. The molecule has 4 nitrogen and oxygen atoms in total. The van der Waals surface area contributed by atoms with Crippen LogP contribution in [0, 0.1) is 12.3 Å². The molecular formula is C32H35N3O. The molecule has 1 heterocycles. The van der Waals surface area contributed by atoms with Gasteiger partial charge in [-0.1, -0.05) is 80.3 Å². The van der Waals surface area contributed by atoms with Gasteiger partial charge in [0.1, 0.15) is 0 Å². The van der Waals surface area contributed by atoms with Crippen LogP contribution in [0.1, 0.15) is 38.6 Å². The second kappa shape index (κ2) is 13.5. The lowest BCUT2D eigenvalue weighted by atomic mass is 9.93. The monoisotopic (exact) mass is 477 g/mol. The highest BCUT2D eigenvalue weighted by molar-refractivity contribution is 6.12. The van der Waals surface area contributed by atoms with Crippen LogP contribution >= 0.6 is 0 Å². The SMILES string of the molecule is C=C(/C=C(\C=C/C(C)=O)C(/C=C1/C=C/C=C(\C(=C\N)C(=N)c2cccc(C)n2)/C=C\C1=C)=C/C)CC. The number of carbonyl (C=O) groups is 1. The van der Waals surface area contributed by atoms with Gasteiger partial charge in [0.25, 0.3) is 0 Å². The molecule has 0 unspecified atom stereocenters. The Bertz CT molecular complexity index is 1300. The van der Waals surface area contributed by atoms with E-state index in [2.05, 4.69) is 18.1 Å². The molecule has 1 aromatic heterocycles. The van der Waals surface area contributed by atoms with Gasteiger partial charge >= 0.3 is 0 Å². The van der Waals surface area contributed by atoms with E-state index < -0.39 is 0 Å². The molecule has 0 radical (unpaired) electrons. The molecule has 0 aliphatic heterocycles. The summed E-state index contributed by atoms with van der Waals surface area (Å²) in [5, 5.41) is 8.65. The first-order valence-corrected chi connectivity index (χ1v) is 11.9. The summed E-state index contributed by atoms with van der Waals surface area (Å²) < 4.78 is 0. The molecule has 0 aromatic carbocycles. The third-order valence-corrected chi connectivity index (χ3v) is 5.54. The van der Waals surface area contributed by atoms with E-state index >= 15 is 0 Å². The molecule has 4 heteroatoms. The number of nitrogens with one attached hydrogen (secondary N) is 1. The van der Waals surface area contributed by atoms with Crippen LogP contribution in [0.4, 0.5) is 0 Å². The van der Waals surface area contributed by atoms with E-state index in [-0.39, 0.29) is 11.5 Å². The van der Waals surface area contributed by atoms with Gasteiger partial charge in [-0.3, -0.25) is 15.2 Å². The lowest BCUT2D eigenvalue weighted by molar-refractivity contribution is -0.112. The predicted molar refractivity (Wildman–Crippen MR) is 153 cm³/mol. The summed E-state index contributed by atoms with van der Waals surface area (Å²) >= 11 is 0. The molecule has 0 spiro atoms. The standard InChI is InChI=1S/C32H35N3O/c1-7-22(3)19-29(18-16-25(6)36)26(8-2)20-28-13-10-12-27(17-15-23(28)4)30(21-33)32(34)31-14-9-11-24(5)35-31/h8-21,34H,3-4,7,33H2,1-2,5-6H3/b13-10+,17-15-,18-16-,26-8+,27-12-,28-20-,29-19+,30-21-,34-32?. The Morgan fingerprint density at radius 1 is 1.17 bits per heavy atom. The summed E-state index contributed by atoms with van der Waals surface area (Å²) in [6.07, 6.45) is 21.3. The van der Waals surface area contributed by atoms with Gasteiger partial charge < -0.3 is 5.73 Å². The van der Waals surface area contributed by atoms with Crippen LogP contribution in [0.3, 0.4) is 0 Å². The van der Waals surface area contributed by atoms with Crippen LogP contribution in [0.5, 0.6) is 0 Å². The topological polar surface area (TPSA) is 79.8 Å². The van der Waals surface area contributed by atoms with Crippen LogP contribution < -0.4 is 5.73 Å². The number of allylic oxidation sites excluding steroid dienone is 17. The minimum absolute atomic E-state index is 0.0165. The van der Waals surface area contributed by atoms with E-state index in [0.717, 1.165) is 45.6 Å². The third kappa shape index (κ3) is 7.88. The first-order chi connectivity index (χ1) is 17.2. The Kier molecular flexibility index (Phi) is 10.5. The largest absolute Gasteiger partial charge is 0.404 e. The molecular weight excluding hydrogens is 442 g/mol. The van der Waals surface area contributed by atoms with E-state index in [1.807, 2.05) is 87.6 Å².